The quantitative estimate of drug-likeness (QED) is 0.0267. The number of aliphatic imine (C=N–C) groups is 1. The van der Waals surface area contributed by atoms with Crippen molar-refractivity contribution in [2.75, 3.05) is 31.1 Å². The fourth-order valence-electron chi connectivity index (χ4n) is 7.40. The summed E-state index contributed by atoms with van der Waals surface area (Å²) in [7, 11) is 1.99. The van der Waals surface area contributed by atoms with Crippen molar-refractivity contribution in [3.8, 4) is 5.75 Å². The van der Waals surface area contributed by atoms with Crippen LogP contribution in [0.5, 0.6) is 5.75 Å². The number of likely N-dealkylation sites (tertiary alicyclic amines) is 1. The Balaban J connectivity index is 2.04. The highest BCUT2D eigenvalue weighted by Gasteiger charge is 2.41. The number of benzene rings is 1. The number of carboxylic acids is 1. The van der Waals surface area contributed by atoms with Gasteiger partial charge in [-0.05, 0) is 55.7 Å². The minimum absolute atomic E-state index is 0.00820. The van der Waals surface area contributed by atoms with Crippen LogP contribution < -0.4 is 65.9 Å². The van der Waals surface area contributed by atoms with Crippen molar-refractivity contribution >= 4 is 92.6 Å². The van der Waals surface area contributed by atoms with Gasteiger partial charge in [-0.25, -0.2) is 0 Å². The first-order chi connectivity index (χ1) is 34.0. The number of guanidine groups is 1. The van der Waals surface area contributed by atoms with Gasteiger partial charge in [-0.1, -0.05) is 54.0 Å². The first-order valence-electron chi connectivity index (χ1n) is 23.0. The summed E-state index contributed by atoms with van der Waals surface area (Å²) >= 11 is 0. The molecule has 0 aliphatic carbocycles. The highest BCUT2D eigenvalue weighted by atomic mass is 33.1. The molecule has 1 aromatic carbocycles. The number of nitrogens with zero attached hydrogens (tertiary/aromatic N) is 2. The first-order valence-corrected chi connectivity index (χ1v) is 25.5. The molecule has 10 amide bonds. The van der Waals surface area contributed by atoms with Gasteiger partial charge in [-0.2, -0.15) is 0 Å². The third-order valence-corrected chi connectivity index (χ3v) is 13.9. The molecule has 72 heavy (non-hydrogen) atoms. The van der Waals surface area contributed by atoms with E-state index in [0.717, 1.165) is 21.6 Å². The van der Waals surface area contributed by atoms with Crippen LogP contribution in [-0.4, -0.2) is 166 Å². The molecule has 2 aliphatic heterocycles. The molecule has 0 spiro atoms. The molecular formula is C43H66N14O13S2. The second-order valence-corrected chi connectivity index (χ2v) is 19.7. The largest absolute Gasteiger partial charge is 0.508 e. The van der Waals surface area contributed by atoms with Crippen molar-refractivity contribution in [1.82, 2.24) is 42.1 Å². The topological polar surface area (TPSA) is 458 Å². The molecular weight excluding hydrogens is 985 g/mol. The molecule has 0 radical (unpaired) electrons. The molecule has 0 aromatic heterocycles. The molecule has 0 saturated carbocycles. The molecule has 1 aromatic rings. The Labute approximate surface area is 422 Å². The molecule has 3 rings (SSSR count). The average molecular weight is 1050 g/mol. The minimum atomic E-state index is -1.79. The van der Waals surface area contributed by atoms with Crippen LogP contribution in [0.25, 0.3) is 0 Å². The maximum absolute atomic E-state index is 14.5. The van der Waals surface area contributed by atoms with Crippen LogP contribution in [0.4, 0.5) is 0 Å². The third kappa shape index (κ3) is 19.7. The van der Waals surface area contributed by atoms with Gasteiger partial charge in [0, 0.05) is 37.4 Å². The number of hydrogen-bond donors (Lipinski definition) is 14. The Morgan fingerprint density at radius 1 is 0.833 bits per heavy atom. The molecule has 9 atom stereocenters. The Hall–Kier alpha value is -6.88. The molecule has 27 nitrogen and oxygen atoms in total. The monoisotopic (exact) mass is 1050 g/mol. The third-order valence-electron chi connectivity index (χ3n) is 11.5. The van der Waals surface area contributed by atoms with Gasteiger partial charge in [-0.15, -0.1) is 0 Å². The Morgan fingerprint density at radius 2 is 1.46 bits per heavy atom. The molecule has 2 saturated heterocycles. The van der Waals surface area contributed by atoms with Crippen LogP contribution in [-0.2, 0) is 59.2 Å². The molecule has 0 bridgehead atoms. The van der Waals surface area contributed by atoms with Crippen LogP contribution in [0.3, 0.4) is 0 Å². The standard InChI is InChI=1S/C43H66N14O13S2/c1-3-21(2)34-41(69)52-26(12-13-31(45)59)37(65)54-28(17-32(46)60)38(66)55-29(20-72-71-19-24(44)35(63)53-27(39(67)56-34)16-22-8-10-23(58)11-9-22)42(70)57-15-5-7-30(57)40(68)51-25(6-4-14-49-43(47)48)36(64)50-18-33(61)62/h8-11,21,24-30,34,58H,3-7,12-20,44H2,1-2H3,(H2,45,59)(H2,46,60)(H,50,64)(H,51,68)(H,52,69)(H,53,63)(H,54,65)(H,55,66)(H,56,67)(H,61,62)(H4,47,48,49)/t21-,24-,25-,26-,27-,28-,29-,30?,34?/m0/s1. The Kier molecular flexibility index (Phi) is 24.3. The lowest BCUT2D eigenvalue weighted by atomic mass is 9.96. The smallest absolute Gasteiger partial charge is 0.322 e. The van der Waals surface area contributed by atoms with E-state index in [0.29, 0.717) is 18.4 Å². The van der Waals surface area contributed by atoms with Crippen molar-refractivity contribution in [2.24, 2.45) is 39.6 Å². The number of aliphatic carboxylic acids is 1. The fraction of sp³-hybridized carbons (Fsp3) is 0.581. The number of phenolic OH excluding ortho intramolecular Hbond substituents is 1. The summed E-state index contributed by atoms with van der Waals surface area (Å²) in [6.45, 7) is 2.68. The number of aromatic hydroxyl groups is 1. The van der Waals surface area contributed by atoms with Gasteiger partial charge >= 0.3 is 5.97 Å². The predicted octanol–water partition coefficient (Wildman–Crippen LogP) is -5.00. The van der Waals surface area contributed by atoms with Crippen molar-refractivity contribution in [1.29, 1.82) is 0 Å². The number of primary amides is 2. The first kappa shape index (κ1) is 59.4. The SMILES string of the molecule is CC[C@H](C)C1NC(=O)[C@H](Cc2ccc(O)cc2)NC(=O)[C@@H](N)CSSC[C@@H](C(=O)N2CCCC2C(=O)N[C@@H](CCCN=C(N)N)C(=O)NCC(=O)O)NC(=O)[C@H](CC(N)=O)NC(=O)[C@H](CCC(N)=O)NC1=O. The van der Waals surface area contributed by atoms with Gasteiger partial charge in [0.1, 0.15) is 54.6 Å². The molecule has 2 unspecified atom stereocenters. The van der Waals surface area contributed by atoms with Crippen LogP contribution in [0.2, 0.25) is 0 Å². The summed E-state index contributed by atoms with van der Waals surface area (Å²) in [5, 5.41) is 36.5. The lowest BCUT2D eigenvalue weighted by Gasteiger charge is -2.31. The molecule has 29 heteroatoms. The maximum Gasteiger partial charge on any atom is 0.322 e. The number of phenols is 1. The average Bonchev–Trinajstić information content (AvgIpc) is 3.82. The summed E-state index contributed by atoms with van der Waals surface area (Å²) in [5.74, 6) is -11.6. The zero-order chi connectivity index (χ0) is 53.7. The number of carbonyl (C=O) groups is 11. The minimum Gasteiger partial charge on any atom is -0.508 e. The second-order valence-electron chi connectivity index (χ2n) is 17.1. The van der Waals surface area contributed by atoms with Gasteiger partial charge in [0.25, 0.3) is 0 Å². The van der Waals surface area contributed by atoms with E-state index in [1.165, 1.54) is 29.2 Å². The number of carbonyl (C=O) groups excluding carboxylic acids is 10. The van der Waals surface area contributed by atoms with E-state index in [-0.39, 0.29) is 62.0 Å². The molecule has 2 heterocycles. The van der Waals surface area contributed by atoms with Crippen LogP contribution in [0.1, 0.15) is 70.8 Å². The van der Waals surface area contributed by atoms with E-state index in [2.05, 4.69) is 42.2 Å². The van der Waals surface area contributed by atoms with E-state index in [1.54, 1.807) is 13.8 Å². The summed E-state index contributed by atoms with van der Waals surface area (Å²) in [4.78, 5) is 152. The van der Waals surface area contributed by atoms with Crippen LogP contribution in [0.15, 0.2) is 29.3 Å². The summed E-state index contributed by atoms with van der Waals surface area (Å²) < 4.78 is 0. The number of carboxylic acid groups (broad SMARTS) is 1. The summed E-state index contributed by atoms with van der Waals surface area (Å²) in [6.07, 6.45) is -0.948. The van der Waals surface area contributed by atoms with Crippen LogP contribution >= 0.6 is 21.6 Å². The maximum atomic E-state index is 14.5. The van der Waals surface area contributed by atoms with Gasteiger partial charge in [-0.3, -0.25) is 57.7 Å². The Morgan fingerprint density at radius 3 is 2.08 bits per heavy atom. The van der Waals surface area contributed by atoms with Gasteiger partial charge in [0.05, 0.1) is 12.5 Å². The molecule has 2 aliphatic rings. The number of amides is 10. The van der Waals surface area contributed by atoms with E-state index in [9.17, 15) is 57.8 Å². The number of nitrogens with one attached hydrogen (secondary N) is 7. The highest BCUT2D eigenvalue weighted by molar-refractivity contribution is 8.76. The molecule has 19 N–H and O–H groups in total. The summed E-state index contributed by atoms with van der Waals surface area (Å²) in [5.41, 5.74) is 28.5. The zero-order valence-electron chi connectivity index (χ0n) is 39.9. The highest BCUT2D eigenvalue weighted by Crippen LogP contribution is 2.26. The van der Waals surface area contributed by atoms with Crippen molar-refractivity contribution in [2.45, 2.75) is 120 Å². The van der Waals surface area contributed by atoms with Crippen LogP contribution in [0, 0.1) is 5.92 Å². The second kappa shape index (κ2) is 29.5. The predicted molar refractivity (Wildman–Crippen MR) is 263 cm³/mol. The number of hydrogen-bond acceptors (Lipinski definition) is 16. The zero-order valence-corrected chi connectivity index (χ0v) is 41.5. The van der Waals surface area contributed by atoms with Crippen molar-refractivity contribution in [3.05, 3.63) is 29.8 Å². The Bertz CT molecular complexity index is 2170. The lowest BCUT2D eigenvalue weighted by Crippen LogP contribution is -2.61. The van der Waals surface area contributed by atoms with Crippen molar-refractivity contribution in [3.63, 3.8) is 0 Å². The lowest BCUT2D eigenvalue weighted by molar-refractivity contribution is -0.142. The van der Waals surface area contributed by atoms with E-state index in [1.807, 2.05) is 0 Å². The van der Waals surface area contributed by atoms with E-state index in [4.69, 9.17) is 33.8 Å². The fourth-order valence-corrected chi connectivity index (χ4v) is 9.68. The van der Waals surface area contributed by atoms with E-state index < -0.39 is 145 Å². The number of rotatable bonds is 19. The molecule has 398 valence electrons. The summed E-state index contributed by atoms with van der Waals surface area (Å²) in [6, 6.07) is -5.54. The molecule has 2 fully saturated rings. The van der Waals surface area contributed by atoms with Gasteiger partial charge in [0.15, 0.2) is 5.96 Å². The normalized spacial score (nSPS) is 23.6. The van der Waals surface area contributed by atoms with E-state index >= 15 is 0 Å². The van der Waals surface area contributed by atoms with Crippen molar-refractivity contribution < 1.29 is 63.0 Å². The van der Waals surface area contributed by atoms with Gasteiger partial charge < -0.3 is 81.0 Å². The number of nitrogens with two attached hydrogens (primary N) is 5. The van der Waals surface area contributed by atoms with Gasteiger partial charge in [0.2, 0.25) is 59.1 Å².